The van der Waals surface area contributed by atoms with Crippen LogP contribution in [0.25, 0.3) is 0 Å². The Morgan fingerprint density at radius 3 is 2.67 bits per heavy atom. The van der Waals surface area contributed by atoms with Crippen molar-refractivity contribution in [1.29, 1.82) is 0 Å². The van der Waals surface area contributed by atoms with E-state index in [2.05, 4.69) is 10.7 Å². The van der Waals surface area contributed by atoms with Gasteiger partial charge in [-0.2, -0.15) is 0 Å². The van der Waals surface area contributed by atoms with Crippen LogP contribution in [0.1, 0.15) is 12.5 Å². The van der Waals surface area contributed by atoms with Crippen LogP contribution < -0.4 is 5.09 Å². The predicted octanol–water partition coefficient (Wildman–Crippen LogP) is 2.60. The Kier molecular flexibility index (Phi) is 4.58. The molecule has 0 amide bonds. The zero-order chi connectivity index (χ0) is 11.1. The van der Waals surface area contributed by atoms with Crippen molar-refractivity contribution in [2.45, 2.75) is 13.5 Å². The van der Waals surface area contributed by atoms with Crippen LogP contribution in [0.4, 0.5) is 0 Å². The molecule has 0 aromatic heterocycles. The Hall–Kier alpha value is -1.07. The van der Waals surface area contributed by atoms with Crippen LogP contribution in [0, 0.1) is 12.1 Å². The SMILES string of the molecule is C#CP(=O)(NCc1ccccc1)OCC. The van der Waals surface area contributed by atoms with Gasteiger partial charge in [-0.3, -0.25) is 4.57 Å². The topological polar surface area (TPSA) is 38.3 Å². The van der Waals surface area contributed by atoms with Gasteiger partial charge in [-0.15, -0.1) is 6.42 Å². The summed E-state index contributed by atoms with van der Waals surface area (Å²) in [6.07, 6.45) is 5.16. The molecule has 0 bridgehead atoms. The molecule has 0 aliphatic heterocycles. The summed E-state index contributed by atoms with van der Waals surface area (Å²) in [4.78, 5) is 0. The number of hydrogen-bond acceptors (Lipinski definition) is 2. The van der Waals surface area contributed by atoms with Gasteiger partial charge in [0.25, 0.3) is 0 Å². The minimum atomic E-state index is -3.09. The molecule has 0 saturated carbocycles. The minimum absolute atomic E-state index is 0.337. The fourth-order valence-corrected chi connectivity index (χ4v) is 2.11. The lowest BCUT2D eigenvalue weighted by Crippen LogP contribution is -2.11. The van der Waals surface area contributed by atoms with Crippen LogP contribution in [0.5, 0.6) is 0 Å². The molecule has 1 N–H and O–H groups in total. The van der Waals surface area contributed by atoms with Crippen molar-refractivity contribution in [3.8, 4) is 12.1 Å². The Morgan fingerprint density at radius 2 is 2.13 bits per heavy atom. The van der Waals surface area contributed by atoms with E-state index >= 15 is 0 Å². The van der Waals surface area contributed by atoms with Crippen molar-refractivity contribution in [3.63, 3.8) is 0 Å². The number of nitrogens with one attached hydrogen (secondary N) is 1. The van der Waals surface area contributed by atoms with E-state index in [1.807, 2.05) is 30.3 Å². The van der Waals surface area contributed by atoms with Gasteiger partial charge in [0.1, 0.15) is 0 Å². The number of hydrogen-bond donors (Lipinski definition) is 1. The smallest absolute Gasteiger partial charge is 0.309 e. The highest BCUT2D eigenvalue weighted by atomic mass is 31.2. The third-order valence-corrected chi connectivity index (χ3v) is 3.35. The molecule has 0 aliphatic carbocycles. The second-order valence-electron chi connectivity index (χ2n) is 2.92. The second-order valence-corrected chi connectivity index (χ2v) is 4.85. The highest BCUT2D eigenvalue weighted by Gasteiger charge is 2.17. The normalized spacial score (nSPS) is 14.1. The quantitative estimate of drug-likeness (QED) is 0.616. The zero-order valence-corrected chi connectivity index (χ0v) is 9.54. The van der Waals surface area contributed by atoms with Gasteiger partial charge in [-0.05, 0) is 12.5 Å². The van der Waals surface area contributed by atoms with Crippen LogP contribution in [0.15, 0.2) is 30.3 Å². The lowest BCUT2D eigenvalue weighted by Gasteiger charge is -2.12. The number of benzene rings is 1. The van der Waals surface area contributed by atoms with Crippen molar-refractivity contribution < 1.29 is 9.09 Å². The Labute approximate surface area is 90.4 Å². The average molecular weight is 223 g/mol. The van der Waals surface area contributed by atoms with E-state index in [4.69, 9.17) is 10.9 Å². The van der Waals surface area contributed by atoms with Crippen LogP contribution in [0.2, 0.25) is 0 Å². The largest absolute Gasteiger partial charge is 0.342 e. The fraction of sp³-hybridized carbons (Fsp3) is 0.273. The third-order valence-electron chi connectivity index (χ3n) is 1.82. The molecule has 0 saturated heterocycles. The van der Waals surface area contributed by atoms with E-state index < -0.39 is 7.52 Å². The molecule has 1 aromatic rings. The standard InChI is InChI=1S/C11H14NO2P/c1-3-14-15(13,4-2)12-10-11-8-6-5-7-9-11/h2,5-9H,3,10H2,1H3,(H,12,13). The van der Waals surface area contributed by atoms with Gasteiger partial charge in [0.05, 0.1) is 6.61 Å². The zero-order valence-electron chi connectivity index (χ0n) is 8.64. The lowest BCUT2D eigenvalue weighted by molar-refractivity contribution is 0.333. The minimum Gasteiger partial charge on any atom is -0.309 e. The maximum atomic E-state index is 11.8. The first-order valence-electron chi connectivity index (χ1n) is 4.71. The van der Waals surface area contributed by atoms with Gasteiger partial charge in [-0.25, -0.2) is 5.09 Å². The van der Waals surface area contributed by atoms with Crippen LogP contribution >= 0.6 is 7.52 Å². The highest BCUT2D eigenvalue weighted by Crippen LogP contribution is 2.40. The van der Waals surface area contributed by atoms with E-state index in [1.165, 1.54) is 0 Å². The van der Waals surface area contributed by atoms with Gasteiger partial charge < -0.3 is 4.52 Å². The molecule has 0 fully saturated rings. The molecule has 1 unspecified atom stereocenters. The maximum absolute atomic E-state index is 11.8. The van der Waals surface area contributed by atoms with E-state index in [1.54, 1.807) is 6.92 Å². The fourth-order valence-electron chi connectivity index (χ4n) is 1.10. The first-order chi connectivity index (χ1) is 7.20. The molecule has 1 aromatic carbocycles. The van der Waals surface area contributed by atoms with Crippen LogP contribution in [-0.4, -0.2) is 6.61 Å². The first-order valence-corrected chi connectivity index (χ1v) is 6.34. The van der Waals surface area contributed by atoms with Crippen LogP contribution in [-0.2, 0) is 15.6 Å². The number of terminal acetylenes is 1. The molecule has 15 heavy (non-hydrogen) atoms. The van der Waals surface area contributed by atoms with Gasteiger partial charge in [0, 0.05) is 12.2 Å². The van der Waals surface area contributed by atoms with E-state index in [0.717, 1.165) is 5.56 Å². The first kappa shape index (κ1) is 12.0. The summed E-state index contributed by atoms with van der Waals surface area (Å²) < 4.78 is 16.8. The van der Waals surface area contributed by atoms with E-state index in [0.29, 0.717) is 13.2 Å². The Balaban J connectivity index is 2.57. The monoisotopic (exact) mass is 223 g/mol. The molecule has 1 atom stereocenters. The summed E-state index contributed by atoms with van der Waals surface area (Å²) >= 11 is 0. The molecule has 0 spiro atoms. The average Bonchev–Trinajstić information content (AvgIpc) is 2.28. The summed E-state index contributed by atoms with van der Waals surface area (Å²) in [7, 11) is -3.09. The van der Waals surface area contributed by atoms with E-state index in [-0.39, 0.29) is 0 Å². The third kappa shape index (κ3) is 3.89. The molecule has 0 radical (unpaired) electrons. The van der Waals surface area contributed by atoms with Crippen molar-refractivity contribution >= 4 is 7.52 Å². The summed E-state index contributed by atoms with van der Waals surface area (Å²) in [6.45, 7) is 2.54. The molecule has 4 heteroatoms. The second kappa shape index (κ2) is 5.72. The van der Waals surface area contributed by atoms with Gasteiger partial charge in [0.2, 0.25) is 0 Å². The van der Waals surface area contributed by atoms with Crippen molar-refractivity contribution in [2.75, 3.05) is 6.61 Å². The molecule has 0 aliphatic rings. The number of rotatable bonds is 5. The summed E-state index contributed by atoms with van der Waals surface area (Å²) in [5.41, 5.74) is 3.19. The maximum Gasteiger partial charge on any atom is 0.342 e. The molecule has 80 valence electrons. The molecular formula is C11H14NO2P. The van der Waals surface area contributed by atoms with Gasteiger partial charge in [0.15, 0.2) is 0 Å². The van der Waals surface area contributed by atoms with E-state index in [9.17, 15) is 4.57 Å². The Morgan fingerprint density at radius 1 is 1.47 bits per heavy atom. The van der Waals surface area contributed by atoms with Crippen molar-refractivity contribution in [1.82, 2.24) is 5.09 Å². The molecule has 1 rings (SSSR count). The summed E-state index contributed by atoms with van der Waals surface area (Å²) in [5, 5.41) is 2.76. The highest BCUT2D eigenvalue weighted by molar-refractivity contribution is 7.62. The molecule has 3 nitrogen and oxygen atoms in total. The Bertz CT molecular complexity index is 383. The lowest BCUT2D eigenvalue weighted by atomic mass is 10.2. The predicted molar refractivity (Wildman–Crippen MR) is 61.3 cm³/mol. The van der Waals surface area contributed by atoms with Crippen molar-refractivity contribution in [3.05, 3.63) is 35.9 Å². The van der Waals surface area contributed by atoms with Crippen LogP contribution in [0.3, 0.4) is 0 Å². The van der Waals surface area contributed by atoms with Gasteiger partial charge >= 0.3 is 7.52 Å². The van der Waals surface area contributed by atoms with Gasteiger partial charge in [-0.1, -0.05) is 30.3 Å². The summed E-state index contributed by atoms with van der Waals surface area (Å²) in [5.74, 6) is 0. The molecule has 0 heterocycles. The molecular weight excluding hydrogens is 209 g/mol. The van der Waals surface area contributed by atoms with Crippen molar-refractivity contribution in [2.24, 2.45) is 0 Å². The summed E-state index contributed by atoms with van der Waals surface area (Å²) in [6, 6.07) is 9.61.